The zero-order valence-electron chi connectivity index (χ0n) is 15.3. The zero-order chi connectivity index (χ0) is 20.4. The molecular formula is C21H17ClN2O4. The Hall–Kier alpha value is -3.14. The van der Waals surface area contributed by atoms with Gasteiger partial charge in [0.15, 0.2) is 0 Å². The molecule has 0 radical (unpaired) electrons. The normalized spacial score (nSPS) is 17.2. The molecule has 0 saturated carbocycles. The molecule has 0 aliphatic carbocycles. The van der Waals surface area contributed by atoms with E-state index in [-0.39, 0.29) is 23.3 Å². The van der Waals surface area contributed by atoms with Gasteiger partial charge in [0.25, 0.3) is 11.8 Å². The molecule has 1 aliphatic heterocycles. The average molecular weight is 397 g/mol. The minimum absolute atomic E-state index is 0.129. The van der Waals surface area contributed by atoms with E-state index in [1.165, 1.54) is 13.0 Å². The summed E-state index contributed by atoms with van der Waals surface area (Å²) >= 11 is 5.90. The molecule has 142 valence electrons. The van der Waals surface area contributed by atoms with Crippen molar-refractivity contribution in [2.45, 2.75) is 20.0 Å². The van der Waals surface area contributed by atoms with Crippen LogP contribution < -0.4 is 0 Å². The highest BCUT2D eigenvalue weighted by Crippen LogP contribution is 2.29. The highest BCUT2D eigenvalue weighted by molar-refractivity contribution is 6.30. The van der Waals surface area contributed by atoms with Gasteiger partial charge in [-0.2, -0.15) is 5.26 Å². The first-order valence-electron chi connectivity index (χ1n) is 8.55. The lowest BCUT2D eigenvalue weighted by atomic mass is 9.94. The van der Waals surface area contributed by atoms with E-state index in [1.807, 2.05) is 18.2 Å². The Bertz CT molecular complexity index is 1040. The number of aliphatic hydroxyl groups is 1. The van der Waals surface area contributed by atoms with Crippen LogP contribution in [0.4, 0.5) is 0 Å². The minimum atomic E-state index is -0.910. The molecule has 0 spiro atoms. The lowest BCUT2D eigenvalue weighted by molar-refractivity contribution is -0.141. The van der Waals surface area contributed by atoms with E-state index in [2.05, 4.69) is 0 Å². The Balaban J connectivity index is 2.01. The summed E-state index contributed by atoms with van der Waals surface area (Å²) in [4.78, 5) is 26.0. The molecule has 2 heterocycles. The van der Waals surface area contributed by atoms with Gasteiger partial charge in [-0.05, 0) is 61.9 Å². The van der Waals surface area contributed by atoms with E-state index in [1.54, 1.807) is 31.2 Å². The third-order valence-electron chi connectivity index (χ3n) is 4.31. The van der Waals surface area contributed by atoms with Gasteiger partial charge >= 0.3 is 0 Å². The number of benzene rings is 1. The molecule has 7 heteroatoms. The quantitative estimate of drug-likeness (QED) is 0.629. The molecule has 28 heavy (non-hydrogen) atoms. The largest absolute Gasteiger partial charge is 0.457 e. The summed E-state index contributed by atoms with van der Waals surface area (Å²) in [6, 6.07) is 12.4. The maximum atomic E-state index is 12.8. The van der Waals surface area contributed by atoms with Gasteiger partial charge in [-0.1, -0.05) is 11.6 Å². The topological polar surface area (TPSA) is 94.5 Å². The predicted octanol–water partition coefficient (Wildman–Crippen LogP) is 3.57. The fourth-order valence-electron chi connectivity index (χ4n) is 2.90. The molecule has 1 aromatic carbocycles. The maximum Gasteiger partial charge on any atom is 0.271 e. The van der Waals surface area contributed by atoms with Crippen LogP contribution in [0.5, 0.6) is 0 Å². The van der Waals surface area contributed by atoms with E-state index < -0.39 is 17.9 Å². The minimum Gasteiger partial charge on any atom is -0.457 e. The number of hydrogen-bond donors (Lipinski definition) is 1. The van der Waals surface area contributed by atoms with Crippen LogP contribution in [0, 0.1) is 11.3 Å². The molecule has 0 saturated heterocycles. The maximum absolute atomic E-state index is 12.8. The number of carbonyl (C=O) groups is 2. The fraction of sp³-hybridized carbons (Fsp3) is 0.190. The SMILES string of the molecule is CC1=C(C#N)C(=O)N(C[C@@H](C)O)C(=O)C1=Cc1ccc(-c2ccc(Cl)cc2)o1. The number of aliphatic hydroxyl groups excluding tert-OH is 1. The second-order valence-electron chi connectivity index (χ2n) is 6.45. The number of β-amino-alcohol motifs (C(OH)–C–C–N with tert-alkyl or cyclic N) is 1. The molecule has 1 aromatic heterocycles. The predicted molar refractivity (Wildman–Crippen MR) is 104 cm³/mol. The van der Waals surface area contributed by atoms with Crippen molar-refractivity contribution in [2.75, 3.05) is 6.54 Å². The van der Waals surface area contributed by atoms with Crippen LogP contribution in [-0.4, -0.2) is 34.5 Å². The summed E-state index contributed by atoms with van der Waals surface area (Å²) in [5.41, 5.74) is 1.15. The van der Waals surface area contributed by atoms with Crippen molar-refractivity contribution in [2.24, 2.45) is 0 Å². The van der Waals surface area contributed by atoms with E-state index in [9.17, 15) is 20.0 Å². The summed E-state index contributed by atoms with van der Waals surface area (Å²) < 4.78 is 5.79. The van der Waals surface area contributed by atoms with Gasteiger partial charge in [-0.3, -0.25) is 14.5 Å². The third-order valence-corrected chi connectivity index (χ3v) is 4.57. The summed E-state index contributed by atoms with van der Waals surface area (Å²) in [6.07, 6.45) is 0.586. The number of hydrogen-bond acceptors (Lipinski definition) is 5. The standard InChI is InChI=1S/C21H17ClN2O4/c1-12(25)11-24-20(26)17(13(2)18(10-23)21(24)27)9-16-7-8-19(28-16)14-3-5-15(22)6-4-14/h3-9,12,25H,11H2,1-2H3/t12-/m1/s1. The summed E-state index contributed by atoms with van der Waals surface area (Å²) in [7, 11) is 0. The second-order valence-corrected chi connectivity index (χ2v) is 6.89. The molecule has 0 unspecified atom stereocenters. The number of nitriles is 1. The molecule has 1 N–H and O–H groups in total. The van der Waals surface area contributed by atoms with E-state index in [0.717, 1.165) is 10.5 Å². The van der Waals surface area contributed by atoms with Crippen LogP contribution >= 0.6 is 11.6 Å². The summed E-state index contributed by atoms with van der Waals surface area (Å²) in [5, 5.41) is 19.5. The first-order chi connectivity index (χ1) is 13.3. The van der Waals surface area contributed by atoms with Crippen LogP contribution in [0.15, 0.2) is 57.5 Å². The third kappa shape index (κ3) is 3.77. The van der Waals surface area contributed by atoms with Gasteiger partial charge in [0, 0.05) is 16.2 Å². The number of amides is 2. The zero-order valence-corrected chi connectivity index (χ0v) is 16.0. The Morgan fingerprint density at radius 1 is 1.21 bits per heavy atom. The molecule has 0 fully saturated rings. The number of nitrogens with zero attached hydrogens (tertiary/aromatic N) is 2. The van der Waals surface area contributed by atoms with Crippen molar-refractivity contribution in [3.8, 4) is 17.4 Å². The van der Waals surface area contributed by atoms with E-state index in [0.29, 0.717) is 16.5 Å². The van der Waals surface area contributed by atoms with E-state index in [4.69, 9.17) is 16.0 Å². The number of halogens is 1. The van der Waals surface area contributed by atoms with Gasteiger partial charge in [-0.25, -0.2) is 0 Å². The second kappa shape index (κ2) is 7.85. The van der Waals surface area contributed by atoms with Gasteiger partial charge in [-0.15, -0.1) is 0 Å². The van der Waals surface area contributed by atoms with Gasteiger partial charge in [0.05, 0.1) is 12.6 Å². The molecule has 1 aliphatic rings. The van der Waals surface area contributed by atoms with Crippen molar-refractivity contribution >= 4 is 29.5 Å². The molecular weight excluding hydrogens is 380 g/mol. The number of carbonyl (C=O) groups excluding carboxylic acids is 2. The number of imide groups is 1. The Morgan fingerprint density at radius 2 is 1.89 bits per heavy atom. The molecule has 2 aromatic rings. The van der Waals surface area contributed by atoms with Crippen LogP contribution in [0.1, 0.15) is 19.6 Å². The highest BCUT2D eigenvalue weighted by Gasteiger charge is 2.36. The molecule has 6 nitrogen and oxygen atoms in total. The van der Waals surface area contributed by atoms with Crippen molar-refractivity contribution in [3.63, 3.8) is 0 Å². The molecule has 2 amide bonds. The molecule has 0 bridgehead atoms. The van der Waals surface area contributed by atoms with Gasteiger partial charge < -0.3 is 9.52 Å². The van der Waals surface area contributed by atoms with Gasteiger partial charge in [0.1, 0.15) is 23.2 Å². The van der Waals surface area contributed by atoms with Gasteiger partial charge in [0.2, 0.25) is 0 Å². The van der Waals surface area contributed by atoms with Crippen molar-refractivity contribution in [1.29, 1.82) is 5.26 Å². The number of rotatable bonds is 4. The van der Waals surface area contributed by atoms with Crippen molar-refractivity contribution in [3.05, 3.63) is 63.9 Å². The average Bonchev–Trinajstić information content (AvgIpc) is 3.12. The van der Waals surface area contributed by atoms with Crippen molar-refractivity contribution in [1.82, 2.24) is 4.90 Å². The monoisotopic (exact) mass is 396 g/mol. The Labute approximate surface area is 166 Å². The van der Waals surface area contributed by atoms with Crippen LogP contribution in [0.2, 0.25) is 5.02 Å². The van der Waals surface area contributed by atoms with E-state index >= 15 is 0 Å². The Morgan fingerprint density at radius 3 is 2.50 bits per heavy atom. The first kappa shape index (κ1) is 19.6. The number of furan rings is 1. The highest BCUT2D eigenvalue weighted by atomic mass is 35.5. The first-order valence-corrected chi connectivity index (χ1v) is 8.92. The Kier molecular flexibility index (Phi) is 5.50. The van der Waals surface area contributed by atoms with Crippen LogP contribution in [0.25, 0.3) is 17.4 Å². The van der Waals surface area contributed by atoms with Crippen LogP contribution in [0.3, 0.4) is 0 Å². The lowest BCUT2D eigenvalue weighted by Crippen LogP contribution is -2.45. The summed E-state index contributed by atoms with van der Waals surface area (Å²) in [5.74, 6) is -0.293. The van der Waals surface area contributed by atoms with Crippen molar-refractivity contribution < 1.29 is 19.1 Å². The fourth-order valence-corrected chi connectivity index (χ4v) is 3.03. The van der Waals surface area contributed by atoms with Crippen LogP contribution in [-0.2, 0) is 9.59 Å². The summed E-state index contributed by atoms with van der Waals surface area (Å²) in [6.45, 7) is 2.82. The smallest absolute Gasteiger partial charge is 0.271 e. The molecule has 3 rings (SSSR count). The lowest BCUT2D eigenvalue weighted by Gasteiger charge is -2.28. The molecule has 1 atom stereocenters.